The van der Waals surface area contributed by atoms with Crippen molar-refractivity contribution in [2.24, 2.45) is 17.8 Å². The van der Waals surface area contributed by atoms with Crippen LogP contribution < -0.4 is 9.64 Å². The van der Waals surface area contributed by atoms with Crippen LogP contribution in [0.5, 0.6) is 6.01 Å². The minimum atomic E-state index is -0.641. The van der Waals surface area contributed by atoms with Crippen molar-refractivity contribution in [1.29, 1.82) is 0 Å². The highest BCUT2D eigenvalue weighted by Crippen LogP contribution is 2.48. The van der Waals surface area contributed by atoms with Crippen molar-refractivity contribution in [2.45, 2.75) is 37.6 Å². The number of pyridine rings is 1. The number of nitrogens with zero attached hydrogens (tertiary/aromatic N) is 5. The fourth-order valence-corrected chi connectivity index (χ4v) is 8.25. The number of carbonyl (C=O) groups excluding carboxylic acids is 1. The average Bonchev–Trinajstić information content (AvgIpc) is 3.61. The molecule has 1 aliphatic carbocycles. The van der Waals surface area contributed by atoms with Gasteiger partial charge in [-0.2, -0.15) is 9.97 Å². The van der Waals surface area contributed by atoms with Gasteiger partial charge in [0.1, 0.15) is 29.5 Å². The Labute approximate surface area is 248 Å². The Hall–Kier alpha value is -3.92. The van der Waals surface area contributed by atoms with E-state index in [1.165, 1.54) is 13.2 Å². The fourth-order valence-electron chi connectivity index (χ4n) is 8.25. The third-order valence-electron chi connectivity index (χ3n) is 10.3. The van der Waals surface area contributed by atoms with Crippen LogP contribution in [0.1, 0.15) is 32.1 Å². The Morgan fingerprint density at radius 2 is 1.79 bits per heavy atom. The van der Waals surface area contributed by atoms with E-state index in [9.17, 15) is 4.79 Å². The molecule has 0 N–H and O–H groups in total. The van der Waals surface area contributed by atoms with Gasteiger partial charge in [0, 0.05) is 30.2 Å². The molecule has 0 amide bonds. The Bertz CT molecular complexity index is 1740. The quantitative estimate of drug-likeness (QED) is 0.279. The minimum absolute atomic E-state index is 0.0264. The molecule has 2 aromatic carbocycles. The molecule has 9 rings (SSSR count). The number of carbonyl (C=O) groups is 1. The number of rotatable bonds is 6. The van der Waals surface area contributed by atoms with E-state index in [0.29, 0.717) is 47.2 Å². The van der Waals surface area contributed by atoms with E-state index in [2.05, 4.69) is 19.8 Å². The third-order valence-corrected chi connectivity index (χ3v) is 10.3. The van der Waals surface area contributed by atoms with Gasteiger partial charge in [-0.05, 0) is 68.5 Å². The monoisotopic (exact) mass is 585 g/mol. The topological polar surface area (TPSA) is 80.7 Å². The van der Waals surface area contributed by atoms with Crippen LogP contribution in [0.15, 0.2) is 42.6 Å². The zero-order valence-corrected chi connectivity index (χ0v) is 24.1. The van der Waals surface area contributed by atoms with Gasteiger partial charge in [0.15, 0.2) is 5.82 Å². The Morgan fingerprint density at radius 3 is 2.53 bits per heavy atom. The summed E-state index contributed by atoms with van der Waals surface area (Å²) in [7, 11) is 1.43. The maximum atomic E-state index is 16.6. The summed E-state index contributed by atoms with van der Waals surface area (Å²) in [6.07, 6.45) is 6.93. The number of hydrogen-bond donors (Lipinski definition) is 0. The van der Waals surface area contributed by atoms with Crippen molar-refractivity contribution in [3.63, 3.8) is 0 Å². The number of fused-ring (bicyclic) bond motifs is 5. The normalized spacial score (nSPS) is 24.3. The van der Waals surface area contributed by atoms with Crippen molar-refractivity contribution >= 4 is 33.5 Å². The summed E-state index contributed by atoms with van der Waals surface area (Å²) in [6, 6.07) is 10.2. The van der Waals surface area contributed by atoms with Crippen molar-refractivity contribution in [1.82, 2.24) is 19.9 Å². The molecule has 6 heterocycles. The molecular weight excluding hydrogens is 552 g/mol. The first kappa shape index (κ1) is 26.7. The van der Waals surface area contributed by atoms with Gasteiger partial charge in [-0.15, -0.1) is 0 Å². The molecule has 4 saturated heterocycles. The number of anilines is 1. The van der Waals surface area contributed by atoms with Gasteiger partial charge in [-0.25, -0.2) is 8.78 Å². The van der Waals surface area contributed by atoms with E-state index in [-0.39, 0.29) is 46.5 Å². The molecule has 1 saturated carbocycles. The molecular formula is C33H33F2N5O3. The first-order chi connectivity index (χ1) is 21.0. The van der Waals surface area contributed by atoms with Crippen LogP contribution >= 0.6 is 0 Å². The molecule has 4 aliphatic heterocycles. The summed E-state index contributed by atoms with van der Waals surface area (Å²) in [4.78, 5) is 31.0. The predicted octanol–water partition coefficient (Wildman–Crippen LogP) is 5.38. The number of aromatic nitrogens is 3. The average molecular weight is 586 g/mol. The van der Waals surface area contributed by atoms with Crippen LogP contribution in [0.4, 0.5) is 14.6 Å². The van der Waals surface area contributed by atoms with Crippen molar-refractivity contribution in [3.8, 4) is 17.3 Å². The van der Waals surface area contributed by atoms with Crippen LogP contribution in [0.2, 0.25) is 0 Å². The lowest BCUT2D eigenvalue weighted by molar-refractivity contribution is -0.157. The molecule has 5 fully saturated rings. The largest absolute Gasteiger partial charge is 0.469 e. The molecule has 2 bridgehead atoms. The van der Waals surface area contributed by atoms with Gasteiger partial charge < -0.3 is 14.4 Å². The molecule has 0 radical (unpaired) electrons. The minimum Gasteiger partial charge on any atom is -0.469 e. The summed E-state index contributed by atoms with van der Waals surface area (Å²) in [5.74, 6) is -0.547. The third kappa shape index (κ3) is 4.17. The molecule has 8 nitrogen and oxygen atoms in total. The fraction of sp³-hybridized carbons (Fsp3) is 0.455. The zero-order valence-electron chi connectivity index (χ0n) is 24.1. The van der Waals surface area contributed by atoms with Crippen molar-refractivity contribution < 1.29 is 23.0 Å². The number of esters is 1. The number of benzene rings is 2. The van der Waals surface area contributed by atoms with Crippen molar-refractivity contribution in [2.75, 3.05) is 44.8 Å². The van der Waals surface area contributed by atoms with Gasteiger partial charge in [0.05, 0.1) is 24.0 Å². The number of piperidine rings is 2. The lowest BCUT2D eigenvalue weighted by Gasteiger charge is -2.52. The molecule has 5 aliphatic rings. The van der Waals surface area contributed by atoms with Crippen molar-refractivity contribution in [3.05, 3.63) is 54.2 Å². The number of hydrogen-bond acceptors (Lipinski definition) is 8. The Balaban J connectivity index is 1.22. The maximum absolute atomic E-state index is 16.6. The van der Waals surface area contributed by atoms with Gasteiger partial charge in [0.25, 0.3) is 0 Å². The number of halogens is 2. The van der Waals surface area contributed by atoms with Gasteiger partial charge in [0.2, 0.25) is 0 Å². The highest BCUT2D eigenvalue weighted by Gasteiger charge is 2.51. The highest BCUT2D eigenvalue weighted by atomic mass is 19.1. The van der Waals surface area contributed by atoms with E-state index in [1.54, 1.807) is 36.5 Å². The zero-order chi connectivity index (χ0) is 29.3. The Kier molecular flexibility index (Phi) is 6.25. The number of ether oxygens (including phenoxy) is 2. The van der Waals surface area contributed by atoms with E-state index in [1.807, 2.05) is 0 Å². The Morgan fingerprint density at radius 1 is 1.05 bits per heavy atom. The SMILES string of the molecule is COC(=O)C1C2CC1CN(c1nc(OCC34CCCN3CCC4)nc3c(F)c(-c4cccc5cccc(F)c45)ncc13)C2. The summed E-state index contributed by atoms with van der Waals surface area (Å²) in [5.41, 5.74) is 0.461. The van der Waals surface area contributed by atoms with E-state index in [0.717, 1.165) is 45.2 Å². The second-order valence-corrected chi connectivity index (χ2v) is 12.6. The van der Waals surface area contributed by atoms with Crippen LogP contribution in [-0.4, -0.2) is 71.3 Å². The molecule has 0 spiro atoms. The first-order valence-corrected chi connectivity index (χ1v) is 15.2. The molecule has 2 unspecified atom stereocenters. The summed E-state index contributed by atoms with van der Waals surface area (Å²) >= 11 is 0. The van der Waals surface area contributed by atoms with E-state index in [4.69, 9.17) is 14.5 Å². The second kappa shape index (κ2) is 10.1. The van der Waals surface area contributed by atoms with Gasteiger partial charge >= 0.3 is 12.0 Å². The number of methoxy groups -OCH3 is 1. The molecule has 2 atom stereocenters. The molecule has 10 heteroatoms. The second-order valence-electron chi connectivity index (χ2n) is 12.6. The summed E-state index contributed by atoms with van der Waals surface area (Å²) in [6.45, 7) is 3.77. The molecule has 2 aromatic heterocycles. The van der Waals surface area contributed by atoms with Crippen LogP contribution in [0.3, 0.4) is 0 Å². The van der Waals surface area contributed by atoms with Gasteiger partial charge in [-0.1, -0.05) is 30.3 Å². The lowest BCUT2D eigenvalue weighted by atomic mass is 9.61. The maximum Gasteiger partial charge on any atom is 0.319 e. The molecule has 222 valence electrons. The van der Waals surface area contributed by atoms with Crippen LogP contribution in [0.25, 0.3) is 32.9 Å². The standard InChI is InChI=1S/C33H33F2N5O3/c1-42-31(41)25-20-14-21(25)17-39(16-20)30-23-15-36-28(22-8-2-6-19-7-3-9-24(34)26(19)22)27(35)29(23)37-32(38-30)43-18-33-10-4-12-40(33)13-5-11-33/h2-3,6-9,15,20-21,25H,4-5,10-14,16-18H2,1H3. The van der Waals surface area contributed by atoms with E-state index >= 15 is 8.78 Å². The summed E-state index contributed by atoms with van der Waals surface area (Å²) in [5, 5.41) is 1.44. The van der Waals surface area contributed by atoms with Gasteiger partial charge in [-0.3, -0.25) is 14.7 Å². The summed E-state index contributed by atoms with van der Waals surface area (Å²) < 4.78 is 43.0. The molecule has 43 heavy (non-hydrogen) atoms. The van der Waals surface area contributed by atoms with Crippen LogP contribution in [0, 0.1) is 29.4 Å². The molecule has 4 aromatic rings. The smallest absolute Gasteiger partial charge is 0.319 e. The predicted molar refractivity (Wildman–Crippen MR) is 158 cm³/mol. The lowest BCUT2D eigenvalue weighted by Crippen LogP contribution is -2.58. The van der Waals surface area contributed by atoms with E-state index < -0.39 is 11.6 Å². The van der Waals surface area contributed by atoms with Crippen LogP contribution in [-0.2, 0) is 9.53 Å². The first-order valence-electron chi connectivity index (χ1n) is 15.2. The highest BCUT2D eigenvalue weighted by molar-refractivity contribution is 5.99.